The monoisotopic (exact) mass is 244 g/mol. The van der Waals surface area contributed by atoms with Gasteiger partial charge in [0.25, 0.3) is 0 Å². The molecule has 1 fully saturated rings. The first kappa shape index (κ1) is 14.4. The van der Waals surface area contributed by atoms with Crippen LogP contribution in [0.15, 0.2) is 0 Å². The van der Waals surface area contributed by atoms with Gasteiger partial charge >= 0.3 is 0 Å². The minimum Gasteiger partial charge on any atom is -0.383 e. The van der Waals surface area contributed by atoms with Gasteiger partial charge in [-0.05, 0) is 25.8 Å². The standard InChI is InChI=1S/C12H24N2O3/c1-14(6-8-16-2)9-12(15)13-5-3-11-4-7-17-10-11/h11H,3-10H2,1-2H3,(H,13,15). The Morgan fingerprint density at radius 1 is 1.59 bits per heavy atom. The van der Waals surface area contributed by atoms with Crippen molar-refractivity contribution >= 4 is 5.91 Å². The summed E-state index contributed by atoms with van der Waals surface area (Å²) in [6.45, 7) is 4.35. The van der Waals surface area contributed by atoms with Crippen molar-refractivity contribution in [3.05, 3.63) is 0 Å². The summed E-state index contributed by atoms with van der Waals surface area (Å²) >= 11 is 0. The van der Waals surface area contributed by atoms with Crippen LogP contribution in [0.2, 0.25) is 0 Å². The molecule has 0 aromatic carbocycles. The fourth-order valence-corrected chi connectivity index (χ4v) is 1.85. The highest BCUT2D eigenvalue weighted by atomic mass is 16.5. The highest BCUT2D eigenvalue weighted by Crippen LogP contribution is 2.14. The van der Waals surface area contributed by atoms with E-state index in [0.717, 1.165) is 39.1 Å². The molecule has 1 saturated heterocycles. The Balaban J connectivity index is 2.00. The fraction of sp³-hybridized carbons (Fsp3) is 0.917. The first-order valence-corrected chi connectivity index (χ1v) is 6.24. The maximum Gasteiger partial charge on any atom is 0.234 e. The molecule has 1 amide bonds. The van der Waals surface area contributed by atoms with Crippen LogP contribution in [0, 0.1) is 5.92 Å². The van der Waals surface area contributed by atoms with Crippen LogP contribution in [0.25, 0.3) is 0 Å². The number of hydrogen-bond acceptors (Lipinski definition) is 4. The van der Waals surface area contributed by atoms with Gasteiger partial charge in [-0.2, -0.15) is 0 Å². The number of carbonyl (C=O) groups excluding carboxylic acids is 1. The molecule has 1 N–H and O–H groups in total. The fourth-order valence-electron chi connectivity index (χ4n) is 1.85. The Kier molecular flexibility index (Phi) is 7.16. The van der Waals surface area contributed by atoms with Crippen molar-refractivity contribution in [1.82, 2.24) is 10.2 Å². The number of methoxy groups -OCH3 is 1. The zero-order valence-electron chi connectivity index (χ0n) is 10.9. The van der Waals surface area contributed by atoms with Gasteiger partial charge in [0.1, 0.15) is 0 Å². The van der Waals surface area contributed by atoms with Gasteiger partial charge in [0, 0.05) is 33.4 Å². The smallest absolute Gasteiger partial charge is 0.234 e. The number of carbonyl (C=O) groups is 1. The number of amides is 1. The van der Waals surface area contributed by atoms with E-state index in [0.29, 0.717) is 19.1 Å². The second kappa shape index (κ2) is 8.44. The van der Waals surface area contributed by atoms with Crippen LogP contribution >= 0.6 is 0 Å². The zero-order chi connectivity index (χ0) is 12.5. The Bertz CT molecular complexity index is 218. The van der Waals surface area contributed by atoms with Crippen molar-refractivity contribution in [2.45, 2.75) is 12.8 Å². The molecule has 1 rings (SSSR count). The maximum atomic E-state index is 11.6. The van der Waals surface area contributed by atoms with Crippen molar-refractivity contribution in [3.8, 4) is 0 Å². The van der Waals surface area contributed by atoms with E-state index < -0.39 is 0 Å². The molecule has 1 heterocycles. The normalized spacial score (nSPS) is 19.8. The molecule has 0 spiro atoms. The lowest BCUT2D eigenvalue weighted by Crippen LogP contribution is -2.37. The molecule has 1 aliphatic rings. The third kappa shape index (κ3) is 6.61. The third-order valence-electron chi connectivity index (χ3n) is 2.99. The number of ether oxygens (including phenoxy) is 2. The van der Waals surface area contributed by atoms with E-state index in [4.69, 9.17) is 9.47 Å². The highest BCUT2D eigenvalue weighted by molar-refractivity contribution is 5.77. The lowest BCUT2D eigenvalue weighted by atomic mass is 10.1. The quantitative estimate of drug-likeness (QED) is 0.658. The average molecular weight is 244 g/mol. The second-order valence-electron chi connectivity index (χ2n) is 4.60. The summed E-state index contributed by atoms with van der Waals surface area (Å²) in [6, 6.07) is 0. The van der Waals surface area contributed by atoms with Crippen LogP contribution in [0.1, 0.15) is 12.8 Å². The van der Waals surface area contributed by atoms with E-state index in [1.165, 1.54) is 0 Å². The second-order valence-corrected chi connectivity index (χ2v) is 4.60. The van der Waals surface area contributed by atoms with Crippen LogP contribution in [0.4, 0.5) is 0 Å². The molecule has 0 bridgehead atoms. The summed E-state index contributed by atoms with van der Waals surface area (Å²) in [6.07, 6.45) is 2.15. The molecule has 1 aliphatic heterocycles. The predicted molar refractivity (Wildman–Crippen MR) is 65.9 cm³/mol. The van der Waals surface area contributed by atoms with Gasteiger partial charge in [0.2, 0.25) is 5.91 Å². The van der Waals surface area contributed by atoms with Gasteiger partial charge in [0.05, 0.1) is 13.2 Å². The van der Waals surface area contributed by atoms with Crippen molar-refractivity contribution in [3.63, 3.8) is 0 Å². The van der Waals surface area contributed by atoms with Crippen molar-refractivity contribution in [1.29, 1.82) is 0 Å². The Morgan fingerprint density at radius 3 is 3.06 bits per heavy atom. The number of likely N-dealkylation sites (N-methyl/N-ethyl adjacent to an activating group) is 1. The number of nitrogens with one attached hydrogen (secondary N) is 1. The van der Waals surface area contributed by atoms with Crippen molar-refractivity contribution in [2.75, 3.05) is 53.6 Å². The molecule has 0 aliphatic carbocycles. The Morgan fingerprint density at radius 2 is 2.41 bits per heavy atom. The van der Waals surface area contributed by atoms with Gasteiger partial charge in [-0.25, -0.2) is 0 Å². The lowest BCUT2D eigenvalue weighted by Gasteiger charge is -2.16. The molecule has 0 aromatic rings. The van der Waals surface area contributed by atoms with Crippen LogP contribution in [0.3, 0.4) is 0 Å². The highest BCUT2D eigenvalue weighted by Gasteiger charge is 2.15. The summed E-state index contributed by atoms with van der Waals surface area (Å²) in [5, 5.41) is 2.94. The first-order chi connectivity index (χ1) is 8.22. The van der Waals surface area contributed by atoms with Crippen LogP contribution in [-0.2, 0) is 14.3 Å². The molecule has 100 valence electrons. The topological polar surface area (TPSA) is 50.8 Å². The molecule has 0 saturated carbocycles. The molecular weight excluding hydrogens is 220 g/mol. The maximum absolute atomic E-state index is 11.6. The number of nitrogens with zero attached hydrogens (tertiary/aromatic N) is 1. The van der Waals surface area contributed by atoms with E-state index in [9.17, 15) is 4.79 Å². The van der Waals surface area contributed by atoms with Gasteiger partial charge < -0.3 is 14.8 Å². The summed E-state index contributed by atoms with van der Waals surface area (Å²) in [7, 11) is 3.58. The van der Waals surface area contributed by atoms with E-state index in [1.807, 2.05) is 11.9 Å². The van der Waals surface area contributed by atoms with Gasteiger partial charge in [-0.1, -0.05) is 0 Å². The summed E-state index contributed by atoms with van der Waals surface area (Å²) in [5.41, 5.74) is 0. The van der Waals surface area contributed by atoms with Crippen LogP contribution < -0.4 is 5.32 Å². The molecule has 17 heavy (non-hydrogen) atoms. The molecule has 1 unspecified atom stereocenters. The molecule has 5 heteroatoms. The van der Waals surface area contributed by atoms with E-state index in [1.54, 1.807) is 7.11 Å². The zero-order valence-corrected chi connectivity index (χ0v) is 10.9. The van der Waals surface area contributed by atoms with Crippen LogP contribution in [0.5, 0.6) is 0 Å². The van der Waals surface area contributed by atoms with E-state index in [-0.39, 0.29) is 5.91 Å². The third-order valence-corrected chi connectivity index (χ3v) is 2.99. The SMILES string of the molecule is COCCN(C)CC(=O)NCCC1CCOC1. The molecule has 1 atom stereocenters. The van der Waals surface area contributed by atoms with E-state index >= 15 is 0 Å². The Labute approximate surface area is 103 Å². The summed E-state index contributed by atoms with van der Waals surface area (Å²) in [5.74, 6) is 0.712. The largest absolute Gasteiger partial charge is 0.383 e. The molecule has 0 radical (unpaired) electrons. The number of hydrogen-bond donors (Lipinski definition) is 1. The van der Waals surface area contributed by atoms with Gasteiger partial charge in [-0.3, -0.25) is 9.69 Å². The van der Waals surface area contributed by atoms with Gasteiger partial charge in [0.15, 0.2) is 0 Å². The molecule has 5 nitrogen and oxygen atoms in total. The average Bonchev–Trinajstić information content (AvgIpc) is 2.79. The van der Waals surface area contributed by atoms with Crippen molar-refractivity contribution in [2.24, 2.45) is 5.92 Å². The van der Waals surface area contributed by atoms with Gasteiger partial charge in [-0.15, -0.1) is 0 Å². The molecular formula is C12H24N2O3. The molecule has 0 aromatic heterocycles. The number of rotatable bonds is 8. The summed E-state index contributed by atoms with van der Waals surface area (Å²) in [4.78, 5) is 13.5. The first-order valence-electron chi connectivity index (χ1n) is 6.24. The summed E-state index contributed by atoms with van der Waals surface area (Å²) < 4.78 is 10.2. The van der Waals surface area contributed by atoms with Crippen molar-refractivity contribution < 1.29 is 14.3 Å². The van der Waals surface area contributed by atoms with Crippen LogP contribution in [-0.4, -0.2) is 64.4 Å². The Hall–Kier alpha value is -0.650. The minimum atomic E-state index is 0.0857. The predicted octanol–water partition coefficient (Wildman–Crippen LogP) is 0.107. The lowest BCUT2D eigenvalue weighted by molar-refractivity contribution is -0.122. The van der Waals surface area contributed by atoms with E-state index in [2.05, 4.69) is 5.32 Å². The minimum absolute atomic E-state index is 0.0857.